The van der Waals surface area contributed by atoms with Gasteiger partial charge in [-0.15, -0.1) is 11.8 Å². The Hall–Kier alpha value is -2.57. The van der Waals surface area contributed by atoms with Gasteiger partial charge in [-0.2, -0.15) is 13.2 Å². The fourth-order valence-electron chi connectivity index (χ4n) is 4.45. The Morgan fingerprint density at radius 2 is 1.77 bits per heavy atom. The normalized spacial score (nSPS) is 17.7. The van der Waals surface area contributed by atoms with Gasteiger partial charge in [-0.3, -0.25) is 4.90 Å². The first kappa shape index (κ1) is 35.9. The standard InChI is InChI=1S/C27H37F3N4O7S3/c1-26(2,3)41-25(36)34-14-13-33(16-20(34)17-35)12-11-19(18-42-21-7-5-4-6-8-21)32-23-10-9-22(44(31,39)40)15-24(23)43(37,38)27(28,29)30/h4-10,15,19-20,32,35H,11-14,16-18H2,1-3H3,(H2,31,39,40)/t19-,20+/m1/s1. The summed E-state index contributed by atoms with van der Waals surface area (Å²) in [4.78, 5) is 14.9. The van der Waals surface area contributed by atoms with Crippen LogP contribution in [0.1, 0.15) is 27.2 Å². The van der Waals surface area contributed by atoms with Crippen molar-refractivity contribution in [1.29, 1.82) is 0 Å². The Bertz CT molecular complexity index is 1500. The third kappa shape index (κ3) is 9.71. The second-order valence-corrected chi connectivity index (χ2v) is 15.8. The number of alkyl halides is 3. The van der Waals surface area contributed by atoms with E-state index in [1.165, 1.54) is 16.7 Å². The Morgan fingerprint density at radius 1 is 1.11 bits per heavy atom. The van der Waals surface area contributed by atoms with Crippen LogP contribution in [0, 0.1) is 0 Å². The van der Waals surface area contributed by atoms with Gasteiger partial charge < -0.3 is 20.1 Å². The molecule has 3 rings (SSSR count). The van der Waals surface area contributed by atoms with Crippen LogP contribution in [0.2, 0.25) is 0 Å². The van der Waals surface area contributed by atoms with Crippen LogP contribution >= 0.6 is 11.8 Å². The summed E-state index contributed by atoms with van der Waals surface area (Å²) in [6.07, 6.45) is -0.219. The van der Waals surface area contributed by atoms with Crippen LogP contribution in [0.4, 0.5) is 23.7 Å². The number of ether oxygens (including phenoxy) is 1. The van der Waals surface area contributed by atoms with Crippen molar-refractivity contribution < 1.29 is 44.6 Å². The molecule has 2 aromatic rings. The number of nitrogens with one attached hydrogen (secondary N) is 1. The van der Waals surface area contributed by atoms with Crippen molar-refractivity contribution in [3.05, 3.63) is 48.5 Å². The van der Waals surface area contributed by atoms with Gasteiger partial charge in [0, 0.05) is 42.9 Å². The minimum absolute atomic E-state index is 0.278. The molecule has 246 valence electrons. The van der Waals surface area contributed by atoms with Gasteiger partial charge in [0.25, 0.3) is 9.84 Å². The summed E-state index contributed by atoms with van der Waals surface area (Å²) in [7, 11) is -10.5. The van der Waals surface area contributed by atoms with Crippen LogP contribution in [0.5, 0.6) is 0 Å². The maximum Gasteiger partial charge on any atom is 0.501 e. The summed E-state index contributed by atoms with van der Waals surface area (Å²) in [5.41, 5.74) is -6.83. The molecule has 1 aliphatic rings. The molecule has 17 heteroatoms. The summed E-state index contributed by atoms with van der Waals surface area (Å²) in [5.74, 6) is 0.313. The van der Waals surface area contributed by atoms with Crippen LogP contribution in [-0.2, 0) is 24.6 Å². The summed E-state index contributed by atoms with van der Waals surface area (Å²) in [6, 6.07) is 10.4. The van der Waals surface area contributed by atoms with Crippen molar-refractivity contribution >= 4 is 43.4 Å². The molecule has 1 fully saturated rings. The molecule has 4 N–H and O–H groups in total. The molecule has 1 amide bonds. The number of rotatable bonds is 11. The van der Waals surface area contributed by atoms with Gasteiger partial charge in [-0.1, -0.05) is 18.2 Å². The predicted molar refractivity (Wildman–Crippen MR) is 161 cm³/mol. The first-order valence-corrected chi connectivity index (χ1v) is 17.6. The van der Waals surface area contributed by atoms with E-state index in [0.29, 0.717) is 37.9 Å². The lowest BCUT2D eigenvalue weighted by molar-refractivity contribution is -0.0436. The number of carbonyl (C=O) groups excluding carboxylic acids is 1. The zero-order chi connectivity index (χ0) is 32.9. The molecule has 0 aromatic heterocycles. The monoisotopic (exact) mass is 682 g/mol. The summed E-state index contributed by atoms with van der Waals surface area (Å²) in [6.45, 7) is 6.32. The van der Waals surface area contributed by atoms with E-state index in [2.05, 4.69) is 5.32 Å². The molecule has 1 aliphatic heterocycles. The van der Waals surface area contributed by atoms with E-state index in [1.54, 1.807) is 20.8 Å². The van der Waals surface area contributed by atoms with E-state index in [-0.39, 0.29) is 13.2 Å². The number of halogens is 3. The number of sulfone groups is 1. The Balaban J connectivity index is 1.85. The summed E-state index contributed by atoms with van der Waals surface area (Å²) >= 11 is 1.40. The number of aliphatic hydroxyl groups excluding tert-OH is 1. The third-order valence-electron chi connectivity index (χ3n) is 6.63. The average molecular weight is 683 g/mol. The highest BCUT2D eigenvalue weighted by Crippen LogP contribution is 2.36. The van der Waals surface area contributed by atoms with Gasteiger partial charge >= 0.3 is 11.6 Å². The molecule has 1 saturated heterocycles. The quantitative estimate of drug-likeness (QED) is 0.300. The van der Waals surface area contributed by atoms with Crippen LogP contribution in [-0.4, -0.2) is 99.6 Å². The molecule has 0 bridgehead atoms. The third-order valence-corrected chi connectivity index (χ3v) is 10.2. The molecule has 0 unspecified atom stereocenters. The van der Waals surface area contributed by atoms with E-state index in [4.69, 9.17) is 9.88 Å². The van der Waals surface area contributed by atoms with E-state index in [1.807, 2.05) is 35.2 Å². The van der Waals surface area contributed by atoms with Crippen LogP contribution in [0.3, 0.4) is 0 Å². The first-order valence-electron chi connectivity index (χ1n) is 13.6. The minimum Gasteiger partial charge on any atom is -0.444 e. The molecule has 11 nitrogen and oxygen atoms in total. The zero-order valence-electron chi connectivity index (χ0n) is 24.5. The fraction of sp³-hybridized carbons (Fsp3) is 0.519. The topological polar surface area (TPSA) is 159 Å². The number of aliphatic hydroxyl groups is 1. The lowest BCUT2D eigenvalue weighted by Gasteiger charge is -2.41. The van der Waals surface area contributed by atoms with Crippen molar-refractivity contribution in [2.75, 3.05) is 43.9 Å². The van der Waals surface area contributed by atoms with E-state index < -0.39 is 64.6 Å². The SMILES string of the molecule is CC(C)(C)OC(=O)N1CCN(CC[C@H](CSc2ccccc2)Nc2ccc(S(N)(=O)=O)cc2S(=O)(=O)C(F)(F)F)C[C@H]1CO. The Morgan fingerprint density at radius 3 is 2.34 bits per heavy atom. The molecule has 0 spiro atoms. The van der Waals surface area contributed by atoms with Crippen LogP contribution < -0.4 is 10.5 Å². The van der Waals surface area contributed by atoms with Gasteiger partial charge in [0.15, 0.2) is 0 Å². The highest BCUT2D eigenvalue weighted by Gasteiger charge is 2.48. The first-order chi connectivity index (χ1) is 20.3. The molecule has 1 heterocycles. The molecule has 0 radical (unpaired) electrons. The molecular formula is C27H37F3N4O7S3. The van der Waals surface area contributed by atoms with Crippen LogP contribution in [0.25, 0.3) is 0 Å². The molecule has 0 saturated carbocycles. The predicted octanol–water partition coefficient (Wildman–Crippen LogP) is 3.50. The maximum atomic E-state index is 13.6. The summed E-state index contributed by atoms with van der Waals surface area (Å²) < 4.78 is 94.9. The number of piperazine rings is 1. The minimum atomic E-state index is -5.95. The number of amides is 1. The van der Waals surface area contributed by atoms with Crippen molar-refractivity contribution in [3.63, 3.8) is 0 Å². The maximum absolute atomic E-state index is 13.6. The number of nitrogens with zero attached hydrogens (tertiary/aromatic N) is 2. The zero-order valence-corrected chi connectivity index (χ0v) is 26.9. The number of nitrogens with two attached hydrogens (primary N) is 1. The van der Waals surface area contributed by atoms with Crippen molar-refractivity contribution in [1.82, 2.24) is 9.80 Å². The van der Waals surface area contributed by atoms with E-state index in [0.717, 1.165) is 17.0 Å². The number of thioether (sulfide) groups is 1. The smallest absolute Gasteiger partial charge is 0.444 e. The van der Waals surface area contributed by atoms with Gasteiger partial charge in [0.05, 0.1) is 23.2 Å². The van der Waals surface area contributed by atoms with Crippen molar-refractivity contribution in [3.8, 4) is 0 Å². The Kier molecular flexibility index (Phi) is 11.6. The number of hydrogen-bond donors (Lipinski definition) is 3. The van der Waals surface area contributed by atoms with Gasteiger partial charge in [-0.05, 0) is 57.5 Å². The summed E-state index contributed by atoms with van der Waals surface area (Å²) in [5, 5.41) is 17.9. The highest BCUT2D eigenvalue weighted by atomic mass is 32.2. The largest absolute Gasteiger partial charge is 0.501 e. The molecule has 2 aromatic carbocycles. The number of anilines is 1. The second-order valence-electron chi connectivity index (χ2n) is 11.2. The number of sulfonamides is 1. The molecule has 44 heavy (non-hydrogen) atoms. The Labute approximate surface area is 259 Å². The lowest BCUT2D eigenvalue weighted by Crippen LogP contribution is -2.57. The average Bonchev–Trinajstić information content (AvgIpc) is 2.92. The van der Waals surface area contributed by atoms with E-state index >= 15 is 0 Å². The molecule has 0 aliphatic carbocycles. The number of primary sulfonamides is 1. The fourth-order valence-corrected chi connectivity index (χ4v) is 7.01. The molecule has 2 atom stereocenters. The number of benzene rings is 2. The lowest BCUT2D eigenvalue weighted by atomic mass is 10.1. The van der Waals surface area contributed by atoms with Crippen LogP contribution in [0.15, 0.2) is 63.2 Å². The van der Waals surface area contributed by atoms with E-state index in [9.17, 15) is 39.9 Å². The molecular weight excluding hydrogens is 646 g/mol. The van der Waals surface area contributed by atoms with Gasteiger partial charge in [-0.25, -0.2) is 26.8 Å². The van der Waals surface area contributed by atoms with Gasteiger partial charge in [0.2, 0.25) is 10.0 Å². The van der Waals surface area contributed by atoms with Crippen molar-refractivity contribution in [2.45, 2.75) is 65.1 Å². The number of carbonyl (C=O) groups is 1. The van der Waals surface area contributed by atoms with Crippen molar-refractivity contribution in [2.24, 2.45) is 5.14 Å². The number of hydrogen-bond acceptors (Lipinski definition) is 10. The van der Waals surface area contributed by atoms with Gasteiger partial charge in [0.1, 0.15) is 10.5 Å². The second kappa shape index (κ2) is 14.2. The highest BCUT2D eigenvalue weighted by molar-refractivity contribution is 7.99.